The summed E-state index contributed by atoms with van der Waals surface area (Å²) in [5, 5.41) is 12.1. The number of methoxy groups -OCH3 is 1. The van der Waals surface area contributed by atoms with E-state index in [0.29, 0.717) is 17.7 Å². The van der Waals surface area contributed by atoms with Crippen LogP contribution in [-0.2, 0) is 11.2 Å². The van der Waals surface area contributed by atoms with Crippen LogP contribution >= 0.6 is 0 Å². The minimum atomic E-state index is -0.651. The Bertz CT molecular complexity index is 935. The molecule has 2 aromatic rings. The number of aromatic nitrogens is 1. The summed E-state index contributed by atoms with van der Waals surface area (Å²) in [7, 11) is 1.24. The van der Waals surface area contributed by atoms with E-state index in [9.17, 15) is 14.9 Å². The Hall–Kier alpha value is -3.27. The van der Waals surface area contributed by atoms with Crippen LogP contribution in [0.25, 0.3) is 5.69 Å². The first-order chi connectivity index (χ1) is 11.8. The van der Waals surface area contributed by atoms with Gasteiger partial charge >= 0.3 is 5.97 Å². The molecule has 0 aliphatic carbocycles. The zero-order valence-corrected chi connectivity index (χ0v) is 14.2. The topological polar surface area (TPSA) is 110 Å². The largest absolute Gasteiger partial charge is 0.464 e. The van der Waals surface area contributed by atoms with Crippen molar-refractivity contribution < 1.29 is 14.3 Å². The Morgan fingerprint density at radius 1 is 1.44 bits per heavy atom. The molecule has 1 amide bonds. The lowest BCUT2D eigenvalue weighted by Gasteiger charge is -2.32. The fraction of sp³-hybridized carbons (Fsp3) is 0.278. The normalized spacial score (nSPS) is 15.0. The molecule has 128 valence electrons. The van der Waals surface area contributed by atoms with Crippen LogP contribution < -0.4 is 11.1 Å². The molecule has 0 bridgehead atoms. The maximum atomic E-state index is 12.4. The predicted octanol–water partition coefficient (Wildman–Crippen LogP) is 1.78. The molecule has 0 saturated carbocycles. The third kappa shape index (κ3) is 2.72. The fourth-order valence-electron chi connectivity index (χ4n) is 3.09. The quantitative estimate of drug-likeness (QED) is 0.811. The molecule has 0 unspecified atom stereocenters. The molecule has 3 N–H and O–H groups in total. The van der Waals surface area contributed by atoms with Gasteiger partial charge in [-0.3, -0.25) is 4.79 Å². The molecule has 3 rings (SSSR count). The van der Waals surface area contributed by atoms with Gasteiger partial charge in [0, 0.05) is 23.0 Å². The summed E-state index contributed by atoms with van der Waals surface area (Å²) in [6, 6.07) is 7.29. The van der Waals surface area contributed by atoms with E-state index in [4.69, 9.17) is 10.5 Å². The van der Waals surface area contributed by atoms with Crippen LogP contribution in [0.5, 0.6) is 0 Å². The number of nitrogens with two attached hydrogens (primary N) is 1. The van der Waals surface area contributed by atoms with E-state index in [1.54, 1.807) is 12.1 Å². The number of nitrogen functional groups attached to an aromatic ring is 1. The Balaban J connectivity index is 2.17. The molecule has 1 aliphatic rings. The lowest BCUT2D eigenvalue weighted by Crippen LogP contribution is -2.49. The molecule has 25 heavy (non-hydrogen) atoms. The second-order valence-corrected chi connectivity index (χ2v) is 6.63. The van der Waals surface area contributed by atoms with Gasteiger partial charge in [0.1, 0.15) is 6.07 Å². The number of nitrogens with one attached hydrogen (secondary N) is 1. The van der Waals surface area contributed by atoms with E-state index in [2.05, 4.69) is 5.32 Å². The standard InChI is InChI=1S/C18H18N4O3/c1-18(2)7-10-4-5-12(6-13(10)16(23)21-18)22-9-11(8-19)14(20)15(22)17(24)25-3/h4-6,9H,7,20H2,1-3H3,(H,21,23). The Morgan fingerprint density at radius 2 is 2.16 bits per heavy atom. The highest BCUT2D eigenvalue weighted by Crippen LogP contribution is 2.28. The highest BCUT2D eigenvalue weighted by atomic mass is 16.5. The van der Waals surface area contributed by atoms with Gasteiger partial charge in [0.05, 0.1) is 18.4 Å². The van der Waals surface area contributed by atoms with Crippen LogP contribution in [0.15, 0.2) is 24.4 Å². The van der Waals surface area contributed by atoms with Crippen LogP contribution in [0.4, 0.5) is 5.69 Å². The minimum Gasteiger partial charge on any atom is -0.464 e. The Labute approximate surface area is 145 Å². The Morgan fingerprint density at radius 3 is 2.80 bits per heavy atom. The number of benzene rings is 1. The maximum absolute atomic E-state index is 12.4. The lowest BCUT2D eigenvalue weighted by atomic mass is 9.87. The van der Waals surface area contributed by atoms with Crippen LogP contribution in [-0.4, -0.2) is 29.1 Å². The molecule has 1 aliphatic heterocycles. The van der Waals surface area contributed by atoms with Crippen molar-refractivity contribution in [3.8, 4) is 11.8 Å². The number of ether oxygens (including phenoxy) is 1. The third-order valence-corrected chi connectivity index (χ3v) is 4.24. The fourth-order valence-corrected chi connectivity index (χ4v) is 3.09. The molecular weight excluding hydrogens is 320 g/mol. The molecule has 0 fully saturated rings. The van der Waals surface area contributed by atoms with Crippen LogP contribution in [0.3, 0.4) is 0 Å². The monoisotopic (exact) mass is 338 g/mol. The van der Waals surface area contributed by atoms with Crippen LogP contribution in [0, 0.1) is 11.3 Å². The van der Waals surface area contributed by atoms with Crippen LogP contribution in [0.1, 0.15) is 45.8 Å². The van der Waals surface area contributed by atoms with Gasteiger partial charge < -0.3 is 20.4 Å². The molecule has 2 heterocycles. The van der Waals surface area contributed by atoms with Gasteiger partial charge in [-0.25, -0.2) is 4.79 Å². The molecule has 0 spiro atoms. The van der Waals surface area contributed by atoms with Crippen molar-refractivity contribution in [1.82, 2.24) is 9.88 Å². The molecule has 7 nitrogen and oxygen atoms in total. The third-order valence-electron chi connectivity index (χ3n) is 4.24. The second-order valence-electron chi connectivity index (χ2n) is 6.63. The van der Waals surface area contributed by atoms with Gasteiger partial charge in [0.25, 0.3) is 5.91 Å². The summed E-state index contributed by atoms with van der Waals surface area (Å²) >= 11 is 0. The smallest absolute Gasteiger partial charge is 0.357 e. The minimum absolute atomic E-state index is 0.0534. The van der Waals surface area contributed by atoms with E-state index in [1.165, 1.54) is 17.9 Å². The number of amides is 1. The summed E-state index contributed by atoms with van der Waals surface area (Å²) in [5.74, 6) is -0.823. The highest BCUT2D eigenvalue weighted by molar-refractivity contribution is 5.99. The van der Waals surface area contributed by atoms with Crippen molar-refractivity contribution in [2.75, 3.05) is 12.8 Å². The van der Waals surface area contributed by atoms with Crippen molar-refractivity contribution >= 4 is 17.6 Å². The predicted molar refractivity (Wildman–Crippen MR) is 91.5 cm³/mol. The van der Waals surface area contributed by atoms with E-state index in [0.717, 1.165) is 5.56 Å². The highest BCUT2D eigenvalue weighted by Gasteiger charge is 2.30. The van der Waals surface area contributed by atoms with E-state index < -0.39 is 5.97 Å². The van der Waals surface area contributed by atoms with Gasteiger partial charge in [-0.2, -0.15) is 5.26 Å². The number of fused-ring (bicyclic) bond motifs is 1. The summed E-state index contributed by atoms with van der Waals surface area (Å²) in [6.07, 6.45) is 2.17. The SMILES string of the molecule is COC(=O)c1c(N)c(C#N)cn1-c1ccc2c(c1)C(=O)NC(C)(C)C2. The number of hydrogen-bond acceptors (Lipinski definition) is 5. The summed E-state index contributed by atoms with van der Waals surface area (Å²) < 4.78 is 6.25. The first-order valence-electron chi connectivity index (χ1n) is 7.72. The number of nitrogens with zero attached hydrogens (tertiary/aromatic N) is 2. The van der Waals surface area contributed by atoms with Crippen molar-refractivity contribution in [3.63, 3.8) is 0 Å². The first-order valence-corrected chi connectivity index (χ1v) is 7.72. The van der Waals surface area contributed by atoms with Gasteiger partial charge in [-0.1, -0.05) is 6.07 Å². The molecule has 0 atom stereocenters. The second kappa shape index (κ2) is 5.67. The maximum Gasteiger partial charge on any atom is 0.357 e. The van der Waals surface area contributed by atoms with E-state index in [1.807, 2.05) is 26.0 Å². The van der Waals surface area contributed by atoms with Gasteiger partial charge in [0.15, 0.2) is 5.69 Å². The van der Waals surface area contributed by atoms with Crippen molar-refractivity contribution in [2.24, 2.45) is 0 Å². The molecule has 1 aromatic heterocycles. The van der Waals surface area contributed by atoms with E-state index >= 15 is 0 Å². The summed E-state index contributed by atoms with van der Waals surface area (Å²) in [6.45, 7) is 3.92. The van der Waals surface area contributed by atoms with Gasteiger partial charge in [-0.15, -0.1) is 0 Å². The molecule has 0 radical (unpaired) electrons. The van der Waals surface area contributed by atoms with Gasteiger partial charge in [0.2, 0.25) is 0 Å². The van der Waals surface area contributed by atoms with Crippen molar-refractivity contribution in [2.45, 2.75) is 25.8 Å². The summed E-state index contributed by atoms with van der Waals surface area (Å²) in [5.41, 5.74) is 7.91. The van der Waals surface area contributed by atoms with Crippen LogP contribution in [0.2, 0.25) is 0 Å². The number of esters is 1. The average Bonchev–Trinajstić information content (AvgIpc) is 2.89. The number of carbonyl (C=O) groups is 2. The van der Waals surface area contributed by atoms with Crippen molar-refractivity contribution in [1.29, 1.82) is 5.26 Å². The first kappa shape index (κ1) is 16.6. The number of hydrogen-bond donors (Lipinski definition) is 2. The van der Waals surface area contributed by atoms with Gasteiger partial charge in [-0.05, 0) is 38.0 Å². The number of carbonyl (C=O) groups excluding carboxylic acids is 2. The molecular formula is C18H18N4O3. The number of rotatable bonds is 2. The number of anilines is 1. The summed E-state index contributed by atoms with van der Waals surface area (Å²) in [4.78, 5) is 24.5. The zero-order chi connectivity index (χ0) is 18.4. The molecule has 1 aromatic carbocycles. The zero-order valence-electron chi connectivity index (χ0n) is 14.2. The molecule has 0 saturated heterocycles. The average molecular weight is 338 g/mol. The molecule has 7 heteroatoms. The Kier molecular flexibility index (Phi) is 3.76. The lowest BCUT2D eigenvalue weighted by molar-refractivity contribution is 0.0593. The van der Waals surface area contributed by atoms with E-state index in [-0.39, 0.29) is 28.4 Å². The van der Waals surface area contributed by atoms with Crippen molar-refractivity contribution in [3.05, 3.63) is 46.8 Å². The number of nitriles is 1.